The summed E-state index contributed by atoms with van der Waals surface area (Å²) in [6.45, 7) is 1.50. The molecule has 0 saturated carbocycles. The Morgan fingerprint density at radius 3 is 2.93 bits per heavy atom. The van der Waals surface area contributed by atoms with Crippen LogP contribution in [0.3, 0.4) is 0 Å². The number of nitrogens with one attached hydrogen (secondary N) is 2. The minimum absolute atomic E-state index is 0.0317. The monoisotopic (exact) mass is 396 g/mol. The summed E-state index contributed by atoms with van der Waals surface area (Å²) in [6.07, 6.45) is 6.66. The molecule has 0 aliphatic carbocycles. The smallest absolute Gasteiger partial charge is 0.258 e. The molecule has 5 rings (SSSR count). The van der Waals surface area contributed by atoms with Gasteiger partial charge >= 0.3 is 0 Å². The standard InChI is InChI=1S/C25H24N4O/c30-25(29-15-5-7-18-6-1-4-10-23(18)29)19-11-13-26-24(16-19)27-14-12-20-17-28-22-9-3-2-8-21(20)22/h1-4,6,8-11,13,16-17,28H,5,7,12,14-15H2,(H,26,27). The Morgan fingerprint density at radius 1 is 1.10 bits per heavy atom. The third kappa shape index (κ3) is 3.54. The minimum atomic E-state index is 0.0317. The average Bonchev–Trinajstić information content (AvgIpc) is 3.22. The summed E-state index contributed by atoms with van der Waals surface area (Å²) in [6, 6.07) is 20.1. The number of hydrogen-bond acceptors (Lipinski definition) is 3. The van der Waals surface area contributed by atoms with Crippen LogP contribution in [-0.4, -0.2) is 29.0 Å². The quantitative estimate of drug-likeness (QED) is 0.509. The van der Waals surface area contributed by atoms with Gasteiger partial charge in [-0.3, -0.25) is 4.79 Å². The first-order valence-corrected chi connectivity index (χ1v) is 10.4. The number of nitrogens with zero attached hydrogens (tertiary/aromatic N) is 2. The van der Waals surface area contributed by atoms with E-state index in [1.807, 2.05) is 35.2 Å². The van der Waals surface area contributed by atoms with Crippen LogP contribution in [0.2, 0.25) is 0 Å². The molecule has 0 radical (unpaired) electrons. The van der Waals surface area contributed by atoms with Gasteiger partial charge < -0.3 is 15.2 Å². The highest BCUT2D eigenvalue weighted by atomic mass is 16.2. The average molecular weight is 396 g/mol. The number of H-pyrrole nitrogens is 1. The summed E-state index contributed by atoms with van der Waals surface area (Å²) in [5.41, 5.74) is 5.36. The highest BCUT2D eigenvalue weighted by Gasteiger charge is 2.23. The minimum Gasteiger partial charge on any atom is -0.370 e. The van der Waals surface area contributed by atoms with Gasteiger partial charge in [0.25, 0.3) is 5.91 Å². The lowest BCUT2D eigenvalue weighted by atomic mass is 10.0. The molecule has 2 aromatic heterocycles. The lowest BCUT2D eigenvalue weighted by Gasteiger charge is -2.29. The van der Waals surface area contributed by atoms with Crippen LogP contribution in [0.5, 0.6) is 0 Å². The van der Waals surface area contributed by atoms with Crippen LogP contribution < -0.4 is 10.2 Å². The predicted molar refractivity (Wildman–Crippen MR) is 121 cm³/mol. The normalized spacial score (nSPS) is 13.3. The van der Waals surface area contributed by atoms with Crippen molar-refractivity contribution in [2.45, 2.75) is 19.3 Å². The number of benzene rings is 2. The van der Waals surface area contributed by atoms with E-state index < -0.39 is 0 Å². The number of carbonyl (C=O) groups excluding carboxylic acids is 1. The molecule has 0 saturated heterocycles. The van der Waals surface area contributed by atoms with Crippen molar-refractivity contribution in [3.05, 3.63) is 89.7 Å². The van der Waals surface area contributed by atoms with Crippen LogP contribution in [-0.2, 0) is 12.8 Å². The molecule has 0 fully saturated rings. The van der Waals surface area contributed by atoms with Crippen LogP contribution in [0.4, 0.5) is 11.5 Å². The van der Waals surface area contributed by atoms with Gasteiger partial charge in [0, 0.05) is 47.6 Å². The Morgan fingerprint density at radius 2 is 1.97 bits per heavy atom. The Labute approximate surface area is 175 Å². The lowest BCUT2D eigenvalue weighted by Crippen LogP contribution is -2.35. The Bertz CT molecular complexity index is 1200. The number of pyridine rings is 1. The Balaban J connectivity index is 1.28. The first-order chi connectivity index (χ1) is 14.8. The highest BCUT2D eigenvalue weighted by molar-refractivity contribution is 6.07. The predicted octanol–water partition coefficient (Wildman–Crippen LogP) is 4.81. The van der Waals surface area contributed by atoms with Crippen LogP contribution in [0.1, 0.15) is 27.9 Å². The van der Waals surface area contributed by atoms with E-state index in [2.05, 4.69) is 45.7 Å². The van der Waals surface area contributed by atoms with Crippen LogP contribution >= 0.6 is 0 Å². The number of amides is 1. The molecular weight excluding hydrogens is 372 g/mol. The van der Waals surface area contributed by atoms with E-state index in [4.69, 9.17) is 0 Å². The van der Waals surface area contributed by atoms with Crippen LogP contribution in [0.15, 0.2) is 73.1 Å². The van der Waals surface area contributed by atoms with E-state index in [9.17, 15) is 4.79 Å². The van der Waals surface area contributed by atoms with Gasteiger partial charge in [-0.1, -0.05) is 36.4 Å². The van der Waals surface area contributed by atoms with Gasteiger partial charge in [0.15, 0.2) is 0 Å². The third-order valence-corrected chi connectivity index (χ3v) is 5.74. The van der Waals surface area contributed by atoms with Crippen molar-refractivity contribution in [3.8, 4) is 0 Å². The Hall–Kier alpha value is -3.60. The summed E-state index contributed by atoms with van der Waals surface area (Å²) >= 11 is 0. The van der Waals surface area contributed by atoms with E-state index in [0.29, 0.717) is 5.56 Å². The number of aryl methyl sites for hydroxylation is 1. The van der Waals surface area contributed by atoms with Crippen molar-refractivity contribution in [2.75, 3.05) is 23.3 Å². The first kappa shape index (κ1) is 18.4. The van der Waals surface area contributed by atoms with Crippen molar-refractivity contribution in [2.24, 2.45) is 0 Å². The highest BCUT2D eigenvalue weighted by Crippen LogP contribution is 2.28. The largest absolute Gasteiger partial charge is 0.370 e. The maximum absolute atomic E-state index is 13.2. The molecule has 0 spiro atoms. The number of anilines is 2. The second kappa shape index (κ2) is 8.03. The van der Waals surface area contributed by atoms with Gasteiger partial charge in [0.1, 0.15) is 5.82 Å². The van der Waals surface area contributed by atoms with Crippen molar-refractivity contribution < 1.29 is 4.79 Å². The zero-order valence-electron chi connectivity index (χ0n) is 16.8. The van der Waals surface area contributed by atoms with Gasteiger partial charge in [-0.25, -0.2) is 4.98 Å². The zero-order valence-corrected chi connectivity index (χ0v) is 16.8. The number of aromatic nitrogens is 2. The molecule has 0 unspecified atom stereocenters. The SMILES string of the molecule is O=C(c1ccnc(NCCc2c[nH]c3ccccc23)c1)N1CCCc2ccccc21. The molecule has 1 amide bonds. The number of para-hydroxylation sites is 2. The van der Waals surface area contributed by atoms with E-state index in [-0.39, 0.29) is 5.91 Å². The van der Waals surface area contributed by atoms with E-state index in [1.54, 1.807) is 12.3 Å². The van der Waals surface area contributed by atoms with Crippen LogP contribution in [0.25, 0.3) is 10.9 Å². The second-order valence-electron chi connectivity index (χ2n) is 7.66. The topological polar surface area (TPSA) is 61.0 Å². The van der Waals surface area contributed by atoms with Crippen LogP contribution in [0, 0.1) is 0 Å². The van der Waals surface area contributed by atoms with E-state index in [1.165, 1.54) is 16.5 Å². The number of rotatable bonds is 5. The number of fused-ring (bicyclic) bond motifs is 2. The van der Waals surface area contributed by atoms with Gasteiger partial charge in [0.05, 0.1) is 0 Å². The van der Waals surface area contributed by atoms with E-state index >= 15 is 0 Å². The molecule has 0 bridgehead atoms. The van der Waals surface area contributed by atoms with Gasteiger partial charge in [0.2, 0.25) is 0 Å². The maximum Gasteiger partial charge on any atom is 0.258 e. The fourth-order valence-electron chi connectivity index (χ4n) is 4.22. The fraction of sp³-hybridized carbons (Fsp3) is 0.200. The summed E-state index contributed by atoms with van der Waals surface area (Å²) < 4.78 is 0. The molecule has 4 aromatic rings. The van der Waals surface area contributed by atoms with Crippen molar-refractivity contribution in [1.29, 1.82) is 0 Å². The fourth-order valence-corrected chi connectivity index (χ4v) is 4.22. The summed E-state index contributed by atoms with van der Waals surface area (Å²) in [5, 5.41) is 4.62. The van der Waals surface area contributed by atoms with Crippen molar-refractivity contribution in [1.82, 2.24) is 9.97 Å². The summed E-state index contributed by atoms with van der Waals surface area (Å²) in [7, 11) is 0. The number of aromatic amines is 1. The molecule has 30 heavy (non-hydrogen) atoms. The molecular formula is C25H24N4O. The zero-order chi connectivity index (χ0) is 20.3. The molecule has 5 heteroatoms. The summed E-state index contributed by atoms with van der Waals surface area (Å²) in [5.74, 6) is 0.759. The van der Waals surface area contributed by atoms with Gasteiger partial charge in [-0.15, -0.1) is 0 Å². The number of carbonyl (C=O) groups is 1. The third-order valence-electron chi connectivity index (χ3n) is 5.74. The molecule has 1 aliphatic rings. The molecule has 3 heterocycles. The Kier molecular flexibility index (Phi) is 4.93. The van der Waals surface area contributed by atoms with Gasteiger partial charge in [-0.05, 0) is 54.7 Å². The van der Waals surface area contributed by atoms with Crippen molar-refractivity contribution in [3.63, 3.8) is 0 Å². The second-order valence-corrected chi connectivity index (χ2v) is 7.66. The molecule has 2 N–H and O–H groups in total. The lowest BCUT2D eigenvalue weighted by molar-refractivity contribution is 0.0985. The van der Waals surface area contributed by atoms with E-state index in [0.717, 1.165) is 49.4 Å². The van der Waals surface area contributed by atoms with Gasteiger partial charge in [-0.2, -0.15) is 0 Å². The molecule has 1 aliphatic heterocycles. The van der Waals surface area contributed by atoms with Crippen molar-refractivity contribution >= 4 is 28.3 Å². The summed E-state index contributed by atoms with van der Waals surface area (Å²) in [4.78, 5) is 22.8. The molecule has 0 atom stereocenters. The molecule has 150 valence electrons. The maximum atomic E-state index is 13.2. The molecule has 2 aromatic carbocycles. The number of hydrogen-bond donors (Lipinski definition) is 2. The molecule has 5 nitrogen and oxygen atoms in total. The first-order valence-electron chi connectivity index (χ1n) is 10.4.